The van der Waals surface area contributed by atoms with Crippen LogP contribution in [0.4, 0.5) is 0 Å². The molecule has 0 aliphatic rings. The number of alkyl halides is 1. The highest BCUT2D eigenvalue weighted by atomic mass is 35.5. The Hall–Kier alpha value is -0.0800. The van der Waals surface area contributed by atoms with E-state index in [1.165, 1.54) is 5.01 Å². The monoisotopic (exact) mass is 217 g/mol. The van der Waals surface area contributed by atoms with Crippen LogP contribution in [0.5, 0.6) is 0 Å². The van der Waals surface area contributed by atoms with Crippen LogP contribution in [0.2, 0.25) is 0 Å². The standard InChI is InChI=1S/C10H16ClNS/c1-4-9(11)7(2)5-10-12-8(3)6-13-10/h6-7,9H,4-5H2,1-3H3. The number of hydrogen-bond acceptors (Lipinski definition) is 2. The van der Waals surface area contributed by atoms with E-state index in [9.17, 15) is 0 Å². The molecule has 13 heavy (non-hydrogen) atoms. The lowest BCUT2D eigenvalue weighted by atomic mass is 10.0. The highest BCUT2D eigenvalue weighted by molar-refractivity contribution is 7.09. The van der Waals surface area contributed by atoms with Crippen LogP contribution in [-0.2, 0) is 6.42 Å². The summed E-state index contributed by atoms with van der Waals surface area (Å²) in [6, 6.07) is 0. The molecule has 1 aromatic heterocycles. The van der Waals surface area contributed by atoms with Crippen molar-refractivity contribution in [2.75, 3.05) is 0 Å². The van der Waals surface area contributed by atoms with Gasteiger partial charge in [0.1, 0.15) is 0 Å². The van der Waals surface area contributed by atoms with Crippen LogP contribution < -0.4 is 0 Å². The summed E-state index contributed by atoms with van der Waals surface area (Å²) < 4.78 is 0. The Kier molecular flexibility index (Phi) is 4.20. The van der Waals surface area contributed by atoms with Gasteiger partial charge in [-0.15, -0.1) is 22.9 Å². The maximum Gasteiger partial charge on any atom is 0.0931 e. The molecular weight excluding hydrogens is 202 g/mol. The second-order valence-electron chi connectivity index (χ2n) is 3.49. The van der Waals surface area contributed by atoms with Crippen molar-refractivity contribution in [1.82, 2.24) is 4.98 Å². The van der Waals surface area contributed by atoms with Crippen molar-refractivity contribution in [3.63, 3.8) is 0 Å². The number of hydrogen-bond donors (Lipinski definition) is 0. The van der Waals surface area contributed by atoms with Gasteiger partial charge >= 0.3 is 0 Å². The lowest BCUT2D eigenvalue weighted by Gasteiger charge is -2.14. The molecule has 0 fully saturated rings. The predicted octanol–water partition coefficient (Wildman–Crippen LogP) is 3.65. The molecule has 2 atom stereocenters. The minimum absolute atomic E-state index is 0.282. The third-order valence-electron chi connectivity index (χ3n) is 2.17. The first-order valence-corrected chi connectivity index (χ1v) is 6.00. The van der Waals surface area contributed by atoms with Gasteiger partial charge in [0.25, 0.3) is 0 Å². The normalized spacial score (nSPS) is 15.7. The van der Waals surface area contributed by atoms with Gasteiger partial charge in [0.15, 0.2) is 0 Å². The number of rotatable bonds is 4. The summed E-state index contributed by atoms with van der Waals surface area (Å²) in [5.74, 6) is 0.525. The summed E-state index contributed by atoms with van der Waals surface area (Å²) in [4.78, 5) is 4.43. The highest BCUT2D eigenvalue weighted by Gasteiger charge is 2.14. The molecule has 0 bridgehead atoms. The van der Waals surface area contributed by atoms with E-state index in [1.807, 2.05) is 6.92 Å². The van der Waals surface area contributed by atoms with Crippen LogP contribution in [0.15, 0.2) is 5.38 Å². The fourth-order valence-electron chi connectivity index (χ4n) is 1.30. The molecule has 2 unspecified atom stereocenters. The molecular formula is C10H16ClNS. The van der Waals surface area contributed by atoms with Gasteiger partial charge in [0, 0.05) is 22.9 Å². The zero-order chi connectivity index (χ0) is 9.84. The predicted molar refractivity (Wildman–Crippen MR) is 59.7 cm³/mol. The summed E-state index contributed by atoms with van der Waals surface area (Å²) in [5.41, 5.74) is 1.12. The minimum Gasteiger partial charge on any atom is -0.247 e. The second kappa shape index (κ2) is 4.97. The van der Waals surface area contributed by atoms with Crippen LogP contribution in [-0.4, -0.2) is 10.4 Å². The molecule has 1 nitrogen and oxygen atoms in total. The Balaban J connectivity index is 2.49. The third kappa shape index (κ3) is 3.28. The number of halogens is 1. The van der Waals surface area contributed by atoms with E-state index in [0.29, 0.717) is 5.92 Å². The maximum absolute atomic E-state index is 6.15. The third-order valence-corrected chi connectivity index (χ3v) is 3.90. The molecule has 1 heterocycles. The van der Waals surface area contributed by atoms with Gasteiger partial charge in [-0.3, -0.25) is 0 Å². The van der Waals surface area contributed by atoms with Gasteiger partial charge in [-0.25, -0.2) is 4.98 Å². The number of thiazole rings is 1. The first-order chi connectivity index (χ1) is 6.13. The molecule has 0 saturated heterocycles. The molecule has 3 heteroatoms. The molecule has 0 aromatic carbocycles. The Morgan fingerprint density at radius 1 is 1.62 bits per heavy atom. The van der Waals surface area contributed by atoms with Crippen molar-refractivity contribution in [3.05, 3.63) is 16.1 Å². The summed E-state index contributed by atoms with van der Waals surface area (Å²) in [5, 5.41) is 3.59. The van der Waals surface area contributed by atoms with Gasteiger partial charge in [-0.1, -0.05) is 13.8 Å². The quantitative estimate of drug-likeness (QED) is 0.702. The van der Waals surface area contributed by atoms with E-state index in [0.717, 1.165) is 18.5 Å². The molecule has 0 N–H and O–H groups in total. The summed E-state index contributed by atoms with van der Waals surface area (Å²) in [6.45, 7) is 6.35. The highest BCUT2D eigenvalue weighted by Crippen LogP contribution is 2.20. The van der Waals surface area contributed by atoms with Gasteiger partial charge in [-0.2, -0.15) is 0 Å². The SMILES string of the molecule is CCC(Cl)C(C)Cc1nc(C)cs1. The first kappa shape index (κ1) is 11.0. The van der Waals surface area contributed by atoms with E-state index in [1.54, 1.807) is 11.3 Å². The van der Waals surface area contributed by atoms with E-state index in [-0.39, 0.29) is 5.38 Å². The summed E-state index contributed by atoms with van der Waals surface area (Å²) in [6.07, 6.45) is 2.05. The maximum atomic E-state index is 6.15. The number of aromatic nitrogens is 1. The van der Waals surface area contributed by atoms with E-state index in [4.69, 9.17) is 11.6 Å². The van der Waals surface area contributed by atoms with Crippen molar-refractivity contribution in [2.45, 2.75) is 39.0 Å². The number of aryl methyl sites for hydroxylation is 1. The fraction of sp³-hybridized carbons (Fsp3) is 0.700. The smallest absolute Gasteiger partial charge is 0.0931 e. The molecule has 0 amide bonds. The second-order valence-corrected chi connectivity index (χ2v) is 4.99. The molecule has 1 rings (SSSR count). The molecule has 0 aliphatic heterocycles. The lowest BCUT2D eigenvalue weighted by molar-refractivity contribution is 0.530. The van der Waals surface area contributed by atoms with Crippen LogP contribution in [0, 0.1) is 12.8 Å². The lowest BCUT2D eigenvalue weighted by Crippen LogP contribution is -2.12. The van der Waals surface area contributed by atoms with Crippen LogP contribution in [0.3, 0.4) is 0 Å². The zero-order valence-corrected chi connectivity index (χ0v) is 9.95. The van der Waals surface area contributed by atoms with Crippen molar-refractivity contribution in [2.24, 2.45) is 5.92 Å². The summed E-state index contributed by atoms with van der Waals surface area (Å²) in [7, 11) is 0. The minimum atomic E-state index is 0.282. The average Bonchev–Trinajstić information content (AvgIpc) is 2.49. The topological polar surface area (TPSA) is 12.9 Å². The molecule has 0 radical (unpaired) electrons. The molecule has 1 aromatic rings. The Morgan fingerprint density at radius 2 is 2.31 bits per heavy atom. The van der Waals surface area contributed by atoms with Crippen LogP contribution in [0.1, 0.15) is 31.0 Å². The van der Waals surface area contributed by atoms with Crippen LogP contribution in [0.25, 0.3) is 0 Å². The summed E-state index contributed by atoms with van der Waals surface area (Å²) >= 11 is 7.89. The Morgan fingerprint density at radius 3 is 2.77 bits per heavy atom. The van der Waals surface area contributed by atoms with E-state index < -0.39 is 0 Å². The van der Waals surface area contributed by atoms with Crippen LogP contribution >= 0.6 is 22.9 Å². The molecule has 0 spiro atoms. The zero-order valence-electron chi connectivity index (χ0n) is 8.38. The Labute approximate surface area is 89.1 Å². The van der Waals surface area contributed by atoms with Crippen molar-refractivity contribution in [1.29, 1.82) is 0 Å². The van der Waals surface area contributed by atoms with Gasteiger partial charge in [0.05, 0.1) is 5.01 Å². The van der Waals surface area contributed by atoms with Crippen molar-refractivity contribution in [3.8, 4) is 0 Å². The van der Waals surface area contributed by atoms with Crippen molar-refractivity contribution >= 4 is 22.9 Å². The largest absolute Gasteiger partial charge is 0.247 e. The van der Waals surface area contributed by atoms with Gasteiger partial charge in [0.2, 0.25) is 0 Å². The Bertz CT molecular complexity index is 259. The molecule has 0 saturated carbocycles. The fourth-order valence-corrected chi connectivity index (χ4v) is 2.31. The average molecular weight is 218 g/mol. The number of nitrogens with zero attached hydrogens (tertiary/aromatic N) is 1. The van der Waals surface area contributed by atoms with Gasteiger partial charge < -0.3 is 0 Å². The van der Waals surface area contributed by atoms with E-state index >= 15 is 0 Å². The first-order valence-electron chi connectivity index (χ1n) is 4.68. The molecule has 0 aliphatic carbocycles. The van der Waals surface area contributed by atoms with E-state index in [2.05, 4.69) is 24.2 Å². The molecule has 74 valence electrons. The van der Waals surface area contributed by atoms with Crippen molar-refractivity contribution < 1.29 is 0 Å². The van der Waals surface area contributed by atoms with Gasteiger partial charge in [-0.05, 0) is 19.3 Å².